The Labute approximate surface area is 145 Å². The van der Waals surface area contributed by atoms with Crippen molar-refractivity contribution >= 4 is 17.5 Å². The minimum Gasteiger partial charge on any atom is -0.467 e. The van der Waals surface area contributed by atoms with Crippen molar-refractivity contribution in [2.75, 3.05) is 5.32 Å². The minimum atomic E-state index is -0.584. The van der Waals surface area contributed by atoms with E-state index in [4.69, 9.17) is 10.2 Å². The van der Waals surface area contributed by atoms with Crippen molar-refractivity contribution in [3.63, 3.8) is 0 Å². The lowest BCUT2D eigenvalue weighted by atomic mass is 10.1. The Kier molecular flexibility index (Phi) is 4.43. The van der Waals surface area contributed by atoms with E-state index >= 15 is 0 Å². The van der Waals surface area contributed by atoms with E-state index in [9.17, 15) is 9.59 Å². The Bertz CT molecular complexity index is 924. The first-order chi connectivity index (χ1) is 12.0. The third-order valence-corrected chi connectivity index (χ3v) is 4.15. The van der Waals surface area contributed by atoms with Crippen molar-refractivity contribution < 1.29 is 14.0 Å². The molecule has 2 amide bonds. The standard InChI is InChI=1S/C19H19N3O3/c1-12-10-16(13(2)22(12)11-14-6-5-9-25-14)19(24)21-17-8-4-3-7-15(17)18(20)23/h3-10H,11H2,1-2H3,(H2,20,23)(H,21,24). The zero-order valence-electron chi connectivity index (χ0n) is 14.1. The zero-order chi connectivity index (χ0) is 18.0. The number of hydrogen-bond donors (Lipinski definition) is 2. The molecular weight excluding hydrogens is 318 g/mol. The molecule has 0 bridgehead atoms. The summed E-state index contributed by atoms with van der Waals surface area (Å²) >= 11 is 0. The SMILES string of the molecule is Cc1cc(C(=O)Nc2ccccc2C(N)=O)c(C)n1Cc1ccco1. The van der Waals surface area contributed by atoms with Gasteiger partial charge in [-0.2, -0.15) is 0 Å². The number of rotatable bonds is 5. The molecule has 3 rings (SSSR count). The highest BCUT2D eigenvalue weighted by Gasteiger charge is 2.18. The second kappa shape index (κ2) is 6.68. The van der Waals surface area contributed by atoms with Crippen LogP contribution < -0.4 is 11.1 Å². The molecule has 0 fully saturated rings. The van der Waals surface area contributed by atoms with Gasteiger partial charge >= 0.3 is 0 Å². The fourth-order valence-electron chi connectivity index (χ4n) is 2.83. The van der Waals surface area contributed by atoms with E-state index in [-0.39, 0.29) is 11.5 Å². The van der Waals surface area contributed by atoms with Gasteiger partial charge in [-0.15, -0.1) is 0 Å². The molecule has 2 aromatic heterocycles. The molecule has 0 aliphatic rings. The summed E-state index contributed by atoms with van der Waals surface area (Å²) in [5.41, 5.74) is 8.35. The van der Waals surface area contributed by atoms with Gasteiger partial charge in [0.1, 0.15) is 5.76 Å². The predicted molar refractivity (Wildman–Crippen MR) is 94.6 cm³/mol. The molecular formula is C19H19N3O3. The normalized spacial score (nSPS) is 10.6. The van der Waals surface area contributed by atoms with E-state index < -0.39 is 5.91 Å². The summed E-state index contributed by atoms with van der Waals surface area (Å²) in [6.07, 6.45) is 1.62. The number of hydrogen-bond acceptors (Lipinski definition) is 3. The van der Waals surface area contributed by atoms with Crippen LogP contribution in [0.1, 0.15) is 37.9 Å². The van der Waals surface area contributed by atoms with Crippen molar-refractivity contribution in [1.82, 2.24) is 4.57 Å². The molecule has 6 nitrogen and oxygen atoms in total. The van der Waals surface area contributed by atoms with Crippen LogP contribution in [0.5, 0.6) is 0 Å². The van der Waals surface area contributed by atoms with Crippen LogP contribution in [0.25, 0.3) is 0 Å². The van der Waals surface area contributed by atoms with Gasteiger partial charge in [0.25, 0.3) is 11.8 Å². The van der Waals surface area contributed by atoms with Gasteiger partial charge in [-0.25, -0.2) is 0 Å². The van der Waals surface area contributed by atoms with E-state index in [2.05, 4.69) is 5.32 Å². The molecule has 0 atom stereocenters. The van der Waals surface area contributed by atoms with Crippen molar-refractivity contribution in [2.45, 2.75) is 20.4 Å². The average molecular weight is 337 g/mol. The number of aromatic nitrogens is 1. The van der Waals surface area contributed by atoms with Gasteiger partial charge in [-0.3, -0.25) is 9.59 Å². The van der Waals surface area contributed by atoms with Crippen molar-refractivity contribution in [3.8, 4) is 0 Å². The largest absolute Gasteiger partial charge is 0.467 e. The maximum atomic E-state index is 12.7. The van der Waals surface area contributed by atoms with Crippen LogP contribution in [0.15, 0.2) is 53.1 Å². The first kappa shape index (κ1) is 16.6. The van der Waals surface area contributed by atoms with Crippen LogP contribution in [0.3, 0.4) is 0 Å². The molecule has 3 N–H and O–H groups in total. The molecule has 0 aliphatic carbocycles. The molecule has 0 spiro atoms. The maximum absolute atomic E-state index is 12.7. The molecule has 128 valence electrons. The van der Waals surface area contributed by atoms with Crippen LogP contribution in [0.2, 0.25) is 0 Å². The van der Waals surface area contributed by atoms with Crippen LogP contribution >= 0.6 is 0 Å². The van der Waals surface area contributed by atoms with Crippen molar-refractivity contribution in [2.24, 2.45) is 5.73 Å². The maximum Gasteiger partial charge on any atom is 0.257 e. The Morgan fingerprint density at radius 2 is 1.88 bits per heavy atom. The summed E-state index contributed by atoms with van der Waals surface area (Å²) in [4.78, 5) is 24.2. The summed E-state index contributed by atoms with van der Waals surface area (Å²) < 4.78 is 7.39. The number of primary amides is 1. The lowest BCUT2D eigenvalue weighted by Gasteiger charge is -2.10. The number of aryl methyl sites for hydroxylation is 1. The second-order valence-electron chi connectivity index (χ2n) is 5.81. The number of para-hydroxylation sites is 1. The number of nitrogens with zero attached hydrogens (tertiary/aromatic N) is 1. The Balaban J connectivity index is 1.87. The van der Waals surface area contributed by atoms with Crippen molar-refractivity contribution in [1.29, 1.82) is 0 Å². The highest BCUT2D eigenvalue weighted by atomic mass is 16.3. The van der Waals surface area contributed by atoms with E-state index in [1.54, 1.807) is 30.5 Å². The van der Waals surface area contributed by atoms with Crippen LogP contribution in [-0.2, 0) is 6.54 Å². The van der Waals surface area contributed by atoms with Gasteiger partial charge in [0, 0.05) is 11.4 Å². The molecule has 0 saturated heterocycles. The summed E-state index contributed by atoms with van der Waals surface area (Å²) in [5, 5.41) is 2.77. The smallest absolute Gasteiger partial charge is 0.257 e. The molecule has 0 saturated carbocycles. The van der Waals surface area contributed by atoms with E-state index in [1.807, 2.05) is 36.6 Å². The number of amides is 2. The predicted octanol–water partition coefficient (Wildman–Crippen LogP) is 3.10. The van der Waals surface area contributed by atoms with Gasteiger partial charge in [0.15, 0.2) is 0 Å². The molecule has 0 radical (unpaired) electrons. The number of carbonyl (C=O) groups excluding carboxylic acids is 2. The number of carbonyl (C=O) groups is 2. The quantitative estimate of drug-likeness (QED) is 0.749. The summed E-state index contributed by atoms with van der Waals surface area (Å²) in [6.45, 7) is 4.37. The molecule has 3 aromatic rings. The molecule has 2 heterocycles. The number of nitrogens with two attached hydrogens (primary N) is 1. The molecule has 25 heavy (non-hydrogen) atoms. The highest BCUT2D eigenvalue weighted by molar-refractivity contribution is 6.09. The van der Waals surface area contributed by atoms with E-state index in [0.29, 0.717) is 17.8 Å². The zero-order valence-corrected chi connectivity index (χ0v) is 14.1. The molecule has 0 aliphatic heterocycles. The van der Waals surface area contributed by atoms with Crippen LogP contribution in [-0.4, -0.2) is 16.4 Å². The fraction of sp³-hybridized carbons (Fsp3) is 0.158. The highest BCUT2D eigenvalue weighted by Crippen LogP contribution is 2.20. The fourth-order valence-corrected chi connectivity index (χ4v) is 2.83. The van der Waals surface area contributed by atoms with Crippen molar-refractivity contribution in [3.05, 3.63) is 77.0 Å². The van der Waals surface area contributed by atoms with Gasteiger partial charge in [0.2, 0.25) is 0 Å². The second-order valence-corrected chi connectivity index (χ2v) is 5.81. The van der Waals surface area contributed by atoms with Gasteiger partial charge in [0.05, 0.1) is 29.6 Å². The topological polar surface area (TPSA) is 90.3 Å². The summed E-state index contributed by atoms with van der Waals surface area (Å²) in [5.74, 6) is -0.0560. The summed E-state index contributed by atoms with van der Waals surface area (Å²) in [6, 6.07) is 12.2. The van der Waals surface area contributed by atoms with Gasteiger partial charge in [-0.05, 0) is 44.2 Å². The summed E-state index contributed by atoms with van der Waals surface area (Å²) in [7, 11) is 0. The number of benzene rings is 1. The Hall–Kier alpha value is -3.28. The van der Waals surface area contributed by atoms with Crippen LogP contribution in [0, 0.1) is 13.8 Å². The lowest BCUT2D eigenvalue weighted by molar-refractivity contribution is 0.100. The van der Waals surface area contributed by atoms with Gasteiger partial charge in [-0.1, -0.05) is 12.1 Å². The first-order valence-corrected chi connectivity index (χ1v) is 7.86. The average Bonchev–Trinajstić information content (AvgIpc) is 3.19. The number of nitrogens with one attached hydrogen (secondary N) is 1. The molecule has 6 heteroatoms. The van der Waals surface area contributed by atoms with E-state index in [1.165, 1.54) is 0 Å². The lowest BCUT2D eigenvalue weighted by Crippen LogP contribution is -2.18. The van der Waals surface area contributed by atoms with Crippen LogP contribution in [0.4, 0.5) is 5.69 Å². The molecule has 1 aromatic carbocycles. The Morgan fingerprint density at radius 3 is 2.56 bits per heavy atom. The third-order valence-electron chi connectivity index (χ3n) is 4.15. The number of furan rings is 1. The number of anilines is 1. The van der Waals surface area contributed by atoms with E-state index in [0.717, 1.165) is 17.1 Å². The Morgan fingerprint density at radius 1 is 1.12 bits per heavy atom. The molecule has 0 unspecified atom stereocenters. The monoisotopic (exact) mass is 337 g/mol. The first-order valence-electron chi connectivity index (χ1n) is 7.86. The van der Waals surface area contributed by atoms with Gasteiger partial charge < -0.3 is 20.0 Å². The minimum absolute atomic E-state index is 0.278. The third kappa shape index (κ3) is 3.33.